The van der Waals surface area contributed by atoms with Crippen molar-refractivity contribution in [2.75, 3.05) is 11.1 Å². The van der Waals surface area contributed by atoms with Crippen LogP contribution < -0.4 is 5.32 Å². The van der Waals surface area contributed by atoms with Crippen LogP contribution in [0.2, 0.25) is 0 Å². The normalized spacial score (nSPS) is 10.9. The summed E-state index contributed by atoms with van der Waals surface area (Å²) in [5, 5.41) is 20.4. The second kappa shape index (κ2) is 7.24. The maximum atomic E-state index is 11.9. The Bertz CT molecular complexity index is 595. The number of aromatic nitrogens is 3. The van der Waals surface area contributed by atoms with Crippen LogP contribution in [0.4, 0.5) is 5.69 Å². The fraction of sp³-hybridized carbons (Fsp3) is 0.357. The number of hydrogen-bond donors (Lipinski definition) is 2. The molecule has 0 radical (unpaired) electrons. The van der Waals surface area contributed by atoms with E-state index >= 15 is 0 Å². The van der Waals surface area contributed by atoms with Crippen molar-refractivity contribution in [3.8, 4) is 0 Å². The van der Waals surface area contributed by atoms with Crippen molar-refractivity contribution in [2.24, 2.45) is 0 Å². The SMILES string of the molecule is CC(C)n1cnnc1SCC(=O)Nc1ccc(CO)cc1. The number of benzene rings is 1. The molecule has 0 saturated heterocycles. The molecule has 0 unspecified atom stereocenters. The van der Waals surface area contributed by atoms with Gasteiger partial charge >= 0.3 is 0 Å². The maximum absolute atomic E-state index is 11.9. The van der Waals surface area contributed by atoms with E-state index in [2.05, 4.69) is 15.5 Å². The van der Waals surface area contributed by atoms with Crippen LogP contribution in [0.3, 0.4) is 0 Å². The number of amides is 1. The molecule has 2 N–H and O–H groups in total. The van der Waals surface area contributed by atoms with Gasteiger partial charge in [-0.05, 0) is 31.5 Å². The Kier molecular flexibility index (Phi) is 5.35. The summed E-state index contributed by atoms with van der Waals surface area (Å²) in [5.41, 5.74) is 1.52. The van der Waals surface area contributed by atoms with Gasteiger partial charge in [-0.3, -0.25) is 4.79 Å². The lowest BCUT2D eigenvalue weighted by Gasteiger charge is -2.09. The van der Waals surface area contributed by atoms with Gasteiger partial charge in [-0.25, -0.2) is 0 Å². The van der Waals surface area contributed by atoms with Crippen molar-refractivity contribution < 1.29 is 9.90 Å². The van der Waals surface area contributed by atoms with Gasteiger partial charge in [-0.1, -0.05) is 23.9 Å². The van der Waals surface area contributed by atoms with Crippen LogP contribution in [0, 0.1) is 0 Å². The van der Waals surface area contributed by atoms with Gasteiger partial charge < -0.3 is 15.0 Å². The number of thioether (sulfide) groups is 1. The van der Waals surface area contributed by atoms with Gasteiger partial charge in [0.2, 0.25) is 5.91 Å². The van der Waals surface area contributed by atoms with Crippen LogP contribution in [0.25, 0.3) is 0 Å². The number of carbonyl (C=O) groups excluding carboxylic acids is 1. The molecule has 6 nitrogen and oxygen atoms in total. The third-order valence-corrected chi connectivity index (χ3v) is 3.81. The average molecular weight is 306 g/mol. The number of nitrogens with one attached hydrogen (secondary N) is 1. The van der Waals surface area contributed by atoms with Crippen molar-refractivity contribution in [2.45, 2.75) is 31.7 Å². The van der Waals surface area contributed by atoms with E-state index in [4.69, 9.17) is 5.11 Å². The first kappa shape index (κ1) is 15.5. The largest absolute Gasteiger partial charge is 0.392 e. The average Bonchev–Trinajstić information content (AvgIpc) is 2.94. The molecule has 1 amide bonds. The first-order valence-electron chi connectivity index (χ1n) is 6.62. The summed E-state index contributed by atoms with van der Waals surface area (Å²) in [7, 11) is 0. The number of hydrogen-bond acceptors (Lipinski definition) is 5. The van der Waals surface area contributed by atoms with Gasteiger partial charge in [-0.2, -0.15) is 0 Å². The van der Waals surface area contributed by atoms with Crippen molar-refractivity contribution in [3.63, 3.8) is 0 Å². The summed E-state index contributed by atoms with van der Waals surface area (Å²) >= 11 is 1.35. The number of aliphatic hydroxyl groups is 1. The minimum Gasteiger partial charge on any atom is -0.392 e. The van der Waals surface area contributed by atoms with E-state index in [1.165, 1.54) is 11.8 Å². The van der Waals surface area contributed by atoms with Crippen LogP contribution in [-0.2, 0) is 11.4 Å². The van der Waals surface area contributed by atoms with E-state index in [9.17, 15) is 4.79 Å². The van der Waals surface area contributed by atoms with Gasteiger partial charge in [-0.15, -0.1) is 10.2 Å². The summed E-state index contributed by atoms with van der Waals surface area (Å²) < 4.78 is 1.92. The maximum Gasteiger partial charge on any atom is 0.234 e. The fourth-order valence-electron chi connectivity index (χ4n) is 1.71. The predicted molar refractivity (Wildman–Crippen MR) is 82.1 cm³/mol. The van der Waals surface area contributed by atoms with Crippen LogP contribution >= 0.6 is 11.8 Å². The van der Waals surface area contributed by atoms with Gasteiger partial charge in [0.1, 0.15) is 6.33 Å². The Labute approximate surface area is 127 Å². The molecule has 112 valence electrons. The standard InChI is InChI=1S/C14H18N4O2S/c1-10(2)18-9-15-17-14(18)21-8-13(20)16-12-5-3-11(7-19)4-6-12/h3-6,9-10,19H,7-8H2,1-2H3,(H,16,20). The van der Waals surface area contributed by atoms with Crippen molar-refractivity contribution >= 4 is 23.4 Å². The Balaban J connectivity index is 1.88. The quantitative estimate of drug-likeness (QED) is 0.799. The summed E-state index contributed by atoms with van der Waals surface area (Å²) in [6.45, 7) is 4.07. The minimum atomic E-state index is -0.102. The highest BCUT2D eigenvalue weighted by atomic mass is 32.2. The molecule has 1 heterocycles. The molecule has 2 rings (SSSR count). The summed E-state index contributed by atoms with van der Waals surface area (Å²) in [5.74, 6) is 0.169. The number of anilines is 1. The van der Waals surface area contributed by atoms with E-state index in [0.29, 0.717) is 5.69 Å². The van der Waals surface area contributed by atoms with Gasteiger partial charge in [0.25, 0.3) is 0 Å². The lowest BCUT2D eigenvalue weighted by atomic mass is 10.2. The molecule has 0 fully saturated rings. The lowest BCUT2D eigenvalue weighted by molar-refractivity contribution is -0.113. The van der Waals surface area contributed by atoms with Crippen LogP contribution in [0.1, 0.15) is 25.5 Å². The molecule has 21 heavy (non-hydrogen) atoms. The van der Waals surface area contributed by atoms with Crippen molar-refractivity contribution in [3.05, 3.63) is 36.2 Å². The van der Waals surface area contributed by atoms with E-state index in [1.807, 2.05) is 18.4 Å². The number of carbonyl (C=O) groups is 1. The molecule has 0 aliphatic carbocycles. The Morgan fingerprint density at radius 2 is 2.10 bits per heavy atom. The molecule has 2 aromatic rings. The molecule has 0 aliphatic rings. The van der Waals surface area contributed by atoms with Gasteiger partial charge in [0, 0.05) is 11.7 Å². The number of nitrogens with zero attached hydrogens (tertiary/aromatic N) is 3. The molecule has 0 saturated carbocycles. The van der Waals surface area contributed by atoms with Crippen molar-refractivity contribution in [1.82, 2.24) is 14.8 Å². The zero-order valence-corrected chi connectivity index (χ0v) is 12.8. The minimum absolute atomic E-state index is 0.00502. The summed E-state index contributed by atoms with van der Waals surface area (Å²) in [6.07, 6.45) is 1.67. The molecule has 0 spiro atoms. The molecular weight excluding hydrogens is 288 g/mol. The first-order valence-corrected chi connectivity index (χ1v) is 7.60. The monoisotopic (exact) mass is 306 g/mol. The zero-order chi connectivity index (χ0) is 15.2. The fourth-order valence-corrected chi connectivity index (χ4v) is 2.55. The molecule has 1 aromatic carbocycles. The highest BCUT2D eigenvalue weighted by molar-refractivity contribution is 7.99. The van der Waals surface area contributed by atoms with Gasteiger partial charge in [0.05, 0.1) is 12.4 Å². The highest BCUT2D eigenvalue weighted by Gasteiger charge is 2.10. The molecule has 0 aliphatic heterocycles. The summed E-state index contributed by atoms with van der Waals surface area (Å²) in [6, 6.07) is 7.35. The zero-order valence-electron chi connectivity index (χ0n) is 12.0. The van der Waals surface area contributed by atoms with Gasteiger partial charge in [0.15, 0.2) is 5.16 Å². The number of aliphatic hydroxyl groups excluding tert-OH is 1. The Morgan fingerprint density at radius 1 is 1.38 bits per heavy atom. The van der Waals surface area contributed by atoms with Crippen molar-refractivity contribution in [1.29, 1.82) is 0 Å². The van der Waals surface area contributed by atoms with Crippen LogP contribution in [0.5, 0.6) is 0 Å². The topological polar surface area (TPSA) is 80.0 Å². The van der Waals surface area contributed by atoms with E-state index < -0.39 is 0 Å². The Hall–Kier alpha value is -1.86. The van der Waals surface area contributed by atoms with Crippen LogP contribution in [0.15, 0.2) is 35.7 Å². The first-order chi connectivity index (χ1) is 10.1. The predicted octanol–water partition coefficient (Wildman–Crippen LogP) is 2.08. The van der Waals surface area contributed by atoms with Crippen LogP contribution in [-0.4, -0.2) is 31.5 Å². The summed E-state index contributed by atoms with van der Waals surface area (Å²) in [4.78, 5) is 11.9. The Morgan fingerprint density at radius 3 is 2.71 bits per heavy atom. The lowest BCUT2D eigenvalue weighted by Crippen LogP contribution is -2.14. The third-order valence-electron chi connectivity index (χ3n) is 2.85. The van der Waals surface area contributed by atoms with E-state index in [0.717, 1.165) is 10.7 Å². The smallest absolute Gasteiger partial charge is 0.234 e. The molecule has 0 bridgehead atoms. The molecular formula is C14H18N4O2S. The molecule has 1 aromatic heterocycles. The highest BCUT2D eigenvalue weighted by Crippen LogP contribution is 2.19. The van der Waals surface area contributed by atoms with E-state index in [1.54, 1.807) is 30.6 Å². The third kappa shape index (κ3) is 4.30. The second-order valence-corrected chi connectivity index (χ2v) is 5.75. The number of rotatable bonds is 6. The van der Waals surface area contributed by atoms with E-state index in [-0.39, 0.29) is 24.3 Å². The second-order valence-electron chi connectivity index (χ2n) is 4.81. The molecule has 0 atom stereocenters. The molecule has 7 heteroatoms.